The van der Waals surface area contributed by atoms with Crippen LogP contribution in [0.5, 0.6) is 0 Å². The van der Waals surface area contributed by atoms with E-state index in [2.05, 4.69) is 155 Å². The average Bonchev–Trinajstić information content (AvgIpc) is 1.84. The Morgan fingerprint density at radius 2 is 0.618 bits per heavy atom. The molecule has 35 nitrogen and oxygen atoms in total. The maximum atomic E-state index is 11.0. The number of rotatable bonds is 53. The smallest absolute Gasteiger partial charge is 0.333 e. The molecular weight excluding hydrogens is 1750 g/mol. The summed E-state index contributed by atoms with van der Waals surface area (Å²) in [5.41, 5.74) is 1.48. The van der Waals surface area contributed by atoms with Crippen molar-refractivity contribution in [3.05, 3.63) is 138 Å². The second-order valence-electron chi connectivity index (χ2n) is 32.4. The Morgan fingerprint density at radius 1 is 0.331 bits per heavy atom. The summed E-state index contributed by atoms with van der Waals surface area (Å²) in [5.74, 6) is -3.17. The number of amides is 2. The van der Waals surface area contributed by atoms with Crippen molar-refractivity contribution in [2.75, 3.05) is 312 Å². The van der Waals surface area contributed by atoms with Crippen molar-refractivity contribution < 1.29 is 105 Å². The molecule has 784 valence electrons. The molecule has 35 heteroatoms. The minimum absolute atomic E-state index is 0.0244. The minimum Gasteiger partial charge on any atom is -0.461 e. The summed E-state index contributed by atoms with van der Waals surface area (Å²) in [6.45, 7) is 84.5. The summed E-state index contributed by atoms with van der Waals surface area (Å²) in [4.78, 5) is 142. The molecule has 0 radical (unpaired) electrons. The molecule has 2 amide bonds. The Morgan fingerprint density at radius 3 is 0.934 bits per heavy atom. The van der Waals surface area contributed by atoms with Crippen LogP contribution in [-0.4, -0.2) is 438 Å². The van der Waals surface area contributed by atoms with E-state index in [0.717, 1.165) is 202 Å². The minimum atomic E-state index is -0.389. The van der Waals surface area contributed by atoms with Crippen molar-refractivity contribution in [2.45, 2.75) is 139 Å². The number of carbonyl (C=O) groups is 11. The Balaban J connectivity index is -0.000000342. The highest BCUT2D eigenvalue weighted by Crippen LogP contribution is 2.12. The molecule has 0 aliphatic carbocycles. The van der Waals surface area contributed by atoms with Crippen LogP contribution in [0.2, 0.25) is 0 Å². The summed E-state index contributed by atoms with van der Waals surface area (Å²) < 4.78 is 54.3. The number of esters is 9. The van der Waals surface area contributed by atoms with Crippen LogP contribution in [0.3, 0.4) is 0 Å². The molecule has 2 N–H and O–H groups in total. The molecule has 0 aromatic carbocycles. The first-order valence-corrected chi connectivity index (χ1v) is 47.7. The van der Waals surface area contributed by atoms with E-state index in [1.54, 1.807) is 20.8 Å². The second kappa shape index (κ2) is 98.8. The van der Waals surface area contributed by atoms with E-state index in [9.17, 15) is 52.7 Å². The normalized spacial score (nSPS) is 13.9. The molecular formula is C101H183N13O22. The predicted octanol–water partition coefficient (Wildman–Crippen LogP) is 8.80. The van der Waals surface area contributed by atoms with Gasteiger partial charge in [0.15, 0.2) is 0 Å². The lowest BCUT2D eigenvalue weighted by molar-refractivity contribution is -0.143. The molecule has 1 unspecified atom stereocenters. The first-order valence-electron chi connectivity index (χ1n) is 47.7. The molecule has 5 aliphatic heterocycles. The van der Waals surface area contributed by atoms with E-state index in [4.69, 9.17) is 52.1 Å². The van der Waals surface area contributed by atoms with E-state index in [0.29, 0.717) is 82.8 Å². The lowest BCUT2D eigenvalue weighted by Crippen LogP contribution is -2.38. The number of morpholine rings is 1. The monoisotopic (exact) mass is 1930 g/mol. The zero-order chi connectivity index (χ0) is 104. The first-order chi connectivity index (χ1) is 64.8. The van der Waals surface area contributed by atoms with Gasteiger partial charge < -0.3 is 97.0 Å². The van der Waals surface area contributed by atoms with Crippen LogP contribution >= 0.6 is 0 Å². The van der Waals surface area contributed by atoms with Crippen molar-refractivity contribution in [3.63, 3.8) is 0 Å². The quantitative estimate of drug-likeness (QED) is 0.0248. The van der Waals surface area contributed by atoms with Crippen LogP contribution in [0.4, 0.5) is 0 Å². The summed E-state index contributed by atoms with van der Waals surface area (Å²) in [6, 6.07) is 0. The van der Waals surface area contributed by atoms with Gasteiger partial charge in [0, 0.05) is 144 Å². The zero-order valence-electron chi connectivity index (χ0n) is 86.9. The van der Waals surface area contributed by atoms with E-state index in [1.165, 1.54) is 114 Å². The van der Waals surface area contributed by atoms with Gasteiger partial charge in [-0.3, -0.25) is 29.2 Å². The molecule has 0 aromatic rings. The number of likely N-dealkylation sites (tertiary alicyclic amines) is 4. The predicted molar refractivity (Wildman–Crippen MR) is 544 cm³/mol. The number of hydrogen-bond acceptors (Lipinski definition) is 33. The fraction of sp³-hybridized carbons (Fsp3) is 0.673. The van der Waals surface area contributed by atoms with Crippen molar-refractivity contribution >= 4 is 65.5 Å². The number of piperidine rings is 2. The number of nitrogens with one attached hydrogen (secondary N) is 2. The van der Waals surface area contributed by atoms with E-state index in [1.807, 2.05) is 73.1 Å². The van der Waals surface area contributed by atoms with E-state index in [-0.39, 0.29) is 71.6 Å². The summed E-state index contributed by atoms with van der Waals surface area (Å²) >= 11 is 0. The van der Waals surface area contributed by atoms with Crippen LogP contribution in [0, 0.1) is 0 Å². The van der Waals surface area contributed by atoms with Crippen LogP contribution in [0.15, 0.2) is 138 Å². The molecule has 5 saturated heterocycles. The Bertz CT molecular complexity index is 3160. The summed E-state index contributed by atoms with van der Waals surface area (Å²) in [6.07, 6.45) is 24.4. The summed E-state index contributed by atoms with van der Waals surface area (Å²) in [7, 11) is 15.7. The molecule has 5 rings (SSSR count). The molecule has 1 atom stereocenters. The number of ether oxygens (including phenoxy) is 11. The van der Waals surface area contributed by atoms with Gasteiger partial charge in [0.25, 0.3) is 0 Å². The number of carbonyl (C=O) groups excluding carboxylic acids is 11. The fourth-order valence-electron chi connectivity index (χ4n) is 11.4. The fourth-order valence-corrected chi connectivity index (χ4v) is 11.4. The van der Waals surface area contributed by atoms with Gasteiger partial charge >= 0.3 is 53.7 Å². The van der Waals surface area contributed by atoms with Crippen LogP contribution in [0.1, 0.15) is 132 Å². The highest BCUT2D eigenvalue weighted by atomic mass is 16.6. The van der Waals surface area contributed by atoms with E-state index < -0.39 is 0 Å². The van der Waals surface area contributed by atoms with Crippen molar-refractivity contribution in [1.82, 2.24) is 64.5 Å². The van der Waals surface area contributed by atoms with Gasteiger partial charge in [-0.25, -0.2) is 43.2 Å². The van der Waals surface area contributed by atoms with Crippen molar-refractivity contribution in [1.29, 1.82) is 0 Å². The average molecular weight is 1930 g/mol. The van der Waals surface area contributed by atoms with E-state index >= 15 is 0 Å². The van der Waals surface area contributed by atoms with Crippen molar-refractivity contribution in [3.8, 4) is 0 Å². The maximum absolute atomic E-state index is 11.0. The highest BCUT2D eigenvalue weighted by molar-refractivity contribution is 5.92. The number of likely N-dealkylation sites (N-methyl/N-ethyl adjacent to an activating group) is 4. The standard InChI is InChI=1S/C12H21NO3.2C10H17NO2.C10H19NO2.C9H18N2O.C9H15NO3.C9H15NO2.C9H17NO2.C8H16N2O.C8H15NO2.C7H13NO2/c1-2-12(14)16-11-10-15-9-8-13-6-4-3-5-7-13;1-3-10(12)13-9(2)8-11-6-4-5-7-11;1-2-10(12)13-9-8-11-6-4-3-5-7-11;1-5-11(6-2)7-8-13-10(12)9(3)4;1-8(2)9(12)10-6-5-7-11(3)4;1-2-9(11)13-8-5-10-3-6-12-7-4-10;1-2-9(11)12-8-7-10-5-3-4-6-10;1-4-9(11)12-8-7-10(5-2)6-3;1-4-8(11)9-6-5-7-10(2)3;1-7(2)8(10)11-6-5-9(3)4;1-4-7(9)10-6-5-8(2)3/h2H,1,3-11H2;3,9H,1,4-8H2,2H3;2H,1,3-9H2;3,5-8H2,1-2,4H3;1,5-7H2,2-4H3,(H,10,12);2H,1,3-8H2;2H,1,3-8H2;4H,1,5-8H2,2-3H3;4H,1,5-7H2,2-3H3,(H,9,11);1,5-6H2,2-4H3;4H,1,5-6H2,2-3H3. The first kappa shape index (κ1) is 138. The third-order valence-electron chi connectivity index (χ3n) is 19.4. The molecule has 0 bridgehead atoms. The molecule has 136 heavy (non-hydrogen) atoms. The van der Waals surface area contributed by atoms with Gasteiger partial charge in [-0.05, 0) is 246 Å². The zero-order valence-corrected chi connectivity index (χ0v) is 86.9. The van der Waals surface area contributed by atoms with Gasteiger partial charge in [0.2, 0.25) is 11.8 Å². The molecule has 0 spiro atoms. The largest absolute Gasteiger partial charge is 0.461 e. The maximum Gasteiger partial charge on any atom is 0.333 e. The van der Waals surface area contributed by atoms with Gasteiger partial charge in [-0.2, -0.15) is 0 Å². The molecule has 5 heterocycles. The Hall–Kier alpha value is -9.21. The highest BCUT2D eigenvalue weighted by Gasteiger charge is 2.18. The van der Waals surface area contributed by atoms with Gasteiger partial charge in [0.1, 0.15) is 59.0 Å². The van der Waals surface area contributed by atoms with Gasteiger partial charge in [-0.15, -0.1) is 0 Å². The topological polar surface area (TPSA) is 349 Å². The molecule has 5 fully saturated rings. The van der Waals surface area contributed by atoms with Crippen LogP contribution < -0.4 is 10.6 Å². The number of hydrogen-bond donors (Lipinski definition) is 2. The van der Waals surface area contributed by atoms with Gasteiger partial charge in [-0.1, -0.05) is 113 Å². The van der Waals surface area contributed by atoms with Gasteiger partial charge in [0.05, 0.1) is 26.4 Å². The third kappa shape index (κ3) is 101. The van der Waals surface area contributed by atoms with Crippen molar-refractivity contribution in [2.24, 2.45) is 0 Å². The molecule has 5 aliphatic rings. The third-order valence-corrected chi connectivity index (χ3v) is 19.4. The molecule has 0 saturated carbocycles. The number of nitrogens with zero attached hydrogens (tertiary/aromatic N) is 11. The second-order valence-corrected chi connectivity index (χ2v) is 32.4. The summed E-state index contributed by atoms with van der Waals surface area (Å²) in [5, 5.41) is 5.48. The molecule has 0 aromatic heterocycles. The Labute approximate surface area is 819 Å². The van der Waals surface area contributed by atoms with Crippen LogP contribution in [-0.2, 0) is 105 Å². The lowest BCUT2D eigenvalue weighted by Gasteiger charge is -2.26. The van der Waals surface area contributed by atoms with Crippen LogP contribution in [0.25, 0.3) is 0 Å². The Kier molecular flexibility index (Phi) is 99.9. The lowest BCUT2D eigenvalue weighted by atomic mass is 10.1. The SMILES string of the molecule is C=C(C)C(=O)NCCCN(C)C.C=C(C)C(=O)OCCN(C)C.C=C(C)C(=O)OCCN(CC)CC.C=CC(=O)NCCCN(C)C.C=CC(=O)OC(C)CN1CCCC1.C=CC(=O)OCCN(C)C.C=CC(=O)OCCN(CC)CC.C=CC(=O)OCCN1CCCC1.C=CC(=O)OCCN1CCCCC1.C=CC(=O)OCCN1CCOCC1.C=CC(=O)OCCOCCN1CCCCC1.